The number of hydrogen-bond donors (Lipinski definition) is 0. The molecule has 0 aliphatic rings. The van der Waals surface area contributed by atoms with E-state index in [1.807, 2.05) is 24.3 Å². The minimum Gasteiger partial charge on any atom is -0.493 e. The first-order valence-corrected chi connectivity index (χ1v) is 9.76. The topological polar surface area (TPSA) is 27.7 Å². The van der Waals surface area contributed by atoms with Gasteiger partial charge >= 0.3 is 0 Å². The fraction of sp³-hybridized carbons (Fsp3) is 0.500. The van der Waals surface area contributed by atoms with Crippen LogP contribution in [0.3, 0.4) is 0 Å². The molecule has 24 heavy (non-hydrogen) atoms. The number of hydrogen-bond acceptors (Lipinski definition) is 3. The maximum atomic E-state index is 6.05. The lowest BCUT2D eigenvalue weighted by Crippen LogP contribution is -2.00. The average molecular weight is 395 g/mol. The van der Waals surface area contributed by atoms with Gasteiger partial charge in [0.25, 0.3) is 0 Å². The summed E-state index contributed by atoms with van der Waals surface area (Å²) in [7, 11) is 3.32. The highest BCUT2D eigenvalue weighted by Crippen LogP contribution is 2.41. The molecular formula is C20H27BrO3. The molecule has 2 rings (SSSR count). The lowest BCUT2D eigenvalue weighted by Gasteiger charge is -2.15. The van der Waals surface area contributed by atoms with Crippen molar-refractivity contribution in [2.45, 2.75) is 38.5 Å². The number of methoxy groups -OCH3 is 2. The molecule has 132 valence electrons. The van der Waals surface area contributed by atoms with Crippen LogP contribution >= 0.6 is 15.9 Å². The van der Waals surface area contributed by atoms with E-state index in [1.54, 1.807) is 14.2 Å². The van der Waals surface area contributed by atoms with Crippen molar-refractivity contribution in [2.75, 3.05) is 26.2 Å². The van der Waals surface area contributed by atoms with E-state index < -0.39 is 0 Å². The molecule has 0 aliphatic carbocycles. The molecule has 0 spiro atoms. The van der Waals surface area contributed by atoms with Gasteiger partial charge in [-0.2, -0.15) is 0 Å². The number of rotatable bonds is 11. The largest absolute Gasteiger partial charge is 0.493 e. The second-order valence-corrected chi connectivity index (χ2v) is 6.61. The Morgan fingerprint density at radius 1 is 0.792 bits per heavy atom. The Morgan fingerprint density at radius 2 is 1.46 bits per heavy atom. The smallest absolute Gasteiger partial charge is 0.168 e. The van der Waals surface area contributed by atoms with E-state index in [9.17, 15) is 0 Å². The van der Waals surface area contributed by atoms with Crippen molar-refractivity contribution in [3.63, 3.8) is 0 Å². The zero-order valence-corrected chi connectivity index (χ0v) is 16.2. The lowest BCUT2D eigenvalue weighted by molar-refractivity contribution is 0.303. The maximum absolute atomic E-state index is 6.05. The Hall–Kier alpha value is -1.42. The van der Waals surface area contributed by atoms with Gasteiger partial charge in [-0.15, -0.1) is 0 Å². The Balaban J connectivity index is 1.96. The van der Waals surface area contributed by atoms with Gasteiger partial charge in [0.1, 0.15) is 5.75 Å². The summed E-state index contributed by atoms with van der Waals surface area (Å²) >= 11 is 3.47. The molecule has 0 atom stereocenters. The number of alkyl halides is 1. The predicted octanol–water partition coefficient (Wildman–Crippen LogP) is 5.97. The van der Waals surface area contributed by atoms with Gasteiger partial charge in [0, 0.05) is 22.2 Å². The van der Waals surface area contributed by atoms with Crippen LogP contribution in [0.15, 0.2) is 30.3 Å². The van der Waals surface area contributed by atoms with E-state index in [2.05, 4.69) is 22.0 Å². The Kier molecular flexibility index (Phi) is 8.23. The van der Waals surface area contributed by atoms with Crippen LogP contribution in [0.25, 0.3) is 10.8 Å². The van der Waals surface area contributed by atoms with Crippen LogP contribution in [-0.2, 0) is 0 Å². The molecule has 0 heterocycles. The summed E-state index contributed by atoms with van der Waals surface area (Å²) in [5.74, 6) is 2.33. The fourth-order valence-electron chi connectivity index (χ4n) is 2.86. The summed E-state index contributed by atoms with van der Waals surface area (Å²) in [5.41, 5.74) is 0. The highest BCUT2D eigenvalue weighted by molar-refractivity contribution is 9.09. The van der Waals surface area contributed by atoms with E-state index in [-0.39, 0.29) is 0 Å². The third kappa shape index (κ3) is 5.04. The van der Waals surface area contributed by atoms with Gasteiger partial charge in [0.2, 0.25) is 0 Å². The van der Waals surface area contributed by atoms with Crippen LogP contribution in [0.2, 0.25) is 0 Å². The van der Waals surface area contributed by atoms with Crippen molar-refractivity contribution >= 4 is 26.7 Å². The predicted molar refractivity (Wildman–Crippen MR) is 104 cm³/mol. The summed E-state index contributed by atoms with van der Waals surface area (Å²) in [6.07, 6.45) is 7.47. The van der Waals surface area contributed by atoms with E-state index in [4.69, 9.17) is 14.2 Å². The average Bonchev–Trinajstić information content (AvgIpc) is 2.63. The third-order valence-corrected chi connectivity index (χ3v) is 4.69. The van der Waals surface area contributed by atoms with Gasteiger partial charge in [-0.05, 0) is 12.8 Å². The van der Waals surface area contributed by atoms with Crippen LogP contribution < -0.4 is 14.2 Å². The first-order valence-electron chi connectivity index (χ1n) is 8.64. The SMILES string of the molecule is COc1cc(OCCCCCCCCBr)c2ccccc2c1OC. The van der Waals surface area contributed by atoms with Crippen LogP contribution in [-0.4, -0.2) is 26.2 Å². The van der Waals surface area contributed by atoms with E-state index in [0.29, 0.717) is 5.75 Å². The molecule has 2 aromatic carbocycles. The molecule has 0 aromatic heterocycles. The molecule has 0 radical (unpaired) electrons. The molecule has 0 fully saturated rings. The molecule has 3 nitrogen and oxygen atoms in total. The van der Waals surface area contributed by atoms with Crippen LogP contribution in [0.4, 0.5) is 0 Å². The minimum absolute atomic E-state index is 0.709. The summed E-state index contributed by atoms with van der Waals surface area (Å²) < 4.78 is 17.0. The number of benzene rings is 2. The molecule has 0 aliphatic heterocycles. The molecule has 0 N–H and O–H groups in total. The standard InChI is InChI=1S/C20H27BrO3/c1-22-19-15-18(24-14-10-6-4-3-5-9-13-21)16-11-7-8-12-17(16)20(19)23-2/h7-8,11-12,15H,3-6,9-10,13-14H2,1-2H3. The molecule has 0 bridgehead atoms. The summed E-state index contributed by atoms with van der Waals surface area (Å²) in [6.45, 7) is 0.734. The Bertz CT molecular complexity index is 628. The van der Waals surface area contributed by atoms with Crippen molar-refractivity contribution in [1.29, 1.82) is 0 Å². The second kappa shape index (κ2) is 10.4. The van der Waals surface area contributed by atoms with Gasteiger partial charge in [0.15, 0.2) is 11.5 Å². The van der Waals surface area contributed by atoms with Gasteiger partial charge in [-0.1, -0.05) is 65.9 Å². The third-order valence-electron chi connectivity index (χ3n) is 4.13. The van der Waals surface area contributed by atoms with Crippen molar-refractivity contribution in [1.82, 2.24) is 0 Å². The number of fused-ring (bicyclic) bond motifs is 1. The minimum atomic E-state index is 0.709. The first-order chi connectivity index (χ1) is 11.8. The van der Waals surface area contributed by atoms with Crippen LogP contribution in [0.1, 0.15) is 38.5 Å². The number of unbranched alkanes of at least 4 members (excludes halogenated alkanes) is 5. The Morgan fingerprint density at radius 3 is 2.12 bits per heavy atom. The van der Waals surface area contributed by atoms with Crippen molar-refractivity contribution < 1.29 is 14.2 Å². The lowest BCUT2D eigenvalue weighted by atomic mass is 10.1. The molecule has 0 amide bonds. The van der Waals surface area contributed by atoms with E-state index in [1.165, 1.54) is 32.1 Å². The summed E-state index contributed by atoms with van der Waals surface area (Å²) in [6, 6.07) is 10.0. The van der Waals surface area contributed by atoms with Crippen LogP contribution in [0.5, 0.6) is 17.2 Å². The summed E-state index contributed by atoms with van der Waals surface area (Å²) in [4.78, 5) is 0. The van der Waals surface area contributed by atoms with Crippen molar-refractivity contribution in [2.24, 2.45) is 0 Å². The van der Waals surface area contributed by atoms with Crippen LogP contribution in [0, 0.1) is 0 Å². The van der Waals surface area contributed by atoms with Gasteiger partial charge in [-0.3, -0.25) is 0 Å². The van der Waals surface area contributed by atoms with Crippen molar-refractivity contribution in [3.05, 3.63) is 30.3 Å². The summed E-state index contributed by atoms with van der Waals surface area (Å²) in [5, 5.41) is 3.19. The molecule has 0 saturated carbocycles. The van der Waals surface area contributed by atoms with E-state index >= 15 is 0 Å². The quantitative estimate of drug-likeness (QED) is 0.347. The van der Waals surface area contributed by atoms with Gasteiger partial charge in [-0.25, -0.2) is 0 Å². The number of ether oxygens (including phenoxy) is 3. The zero-order valence-electron chi connectivity index (χ0n) is 14.6. The van der Waals surface area contributed by atoms with Gasteiger partial charge in [0.05, 0.1) is 20.8 Å². The number of halogens is 1. The molecule has 2 aromatic rings. The highest BCUT2D eigenvalue weighted by Gasteiger charge is 2.13. The zero-order chi connectivity index (χ0) is 17.2. The fourth-order valence-corrected chi connectivity index (χ4v) is 3.25. The molecular weight excluding hydrogens is 368 g/mol. The van der Waals surface area contributed by atoms with Crippen molar-refractivity contribution in [3.8, 4) is 17.2 Å². The van der Waals surface area contributed by atoms with E-state index in [0.717, 1.165) is 40.6 Å². The first kappa shape index (κ1) is 18.9. The second-order valence-electron chi connectivity index (χ2n) is 5.81. The molecule has 0 unspecified atom stereocenters. The maximum Gasteiger partial charge on any atom is 0.168 e. The monoisotopic (exact) mass is 394 g/mol. The molecule has 4 heteroatoms. The molecule has 0 saturated heterocycles. The normalized spacial score (nSPS) is 10.8. The highest BCUT2D eigenvalue weighted by atomic mass is 79.9. The Labute approximate surface area is 153 Å². The van der Waals surface area contributed by atoms with Gasteiger partial charge < -0.3 is 14.2 Å².